The van der Waals surface area contributed by atoms with E-state index in [1.807, 2.05) is 109 Å². The van der Waals surface area contributed by atoms with E-state index in [2.05, 4.69) is 97.1 Å². The van der Waals surface area contributed by atoms with Gasteiger partial charge in [-0.25, -0.2) is 0 Å². The molecule has 0 atom stereocenters. The molecule has 0 amide bonds. The normalized spacial score (nSPS) is 11.4. The van der Waals surface area contributed by atoms with Crippen molar-refractivity contribution in [3.05, 3.63) is 206 Å². The second kappa shape index (κ2) is 29.8. The minimum Gasteiger partial charge on any atom is -0.493 e. The van der Waals surface area contributed by atoms with Crippen LogP contribution < -0.4 is 75.8 Å². The zero-order valence-corrected chi connectivity index (χ0v) is 65.2. The Morgan fingerprint density at radius 1 is 0.125 bits per heavy atom. The molecular formula is C96H82O16. The van der Waals surface area contributed by atoms with Gasteiger partial charge < -0.3 is 75.8 Å². The topological polar surface area (TPSA) is 148 Å². The lowest BCUT2D eigenvalue weighted by molar-refractivity contribution is 0.350. The van der Waals surface area contributed by atoms with Gasteiger partial charge in [0, 0.05) is 77.9 Å². The van der Waals surface area contributed by atoms with E-state index in [4.69, 9.17) is 75.8 Å². The second-order valence-electron chi connectivity index (χ2n) is 26.6. The summed E-state index contributed by atoms with van der Waals surface area (Å²) in [6, 6.07) is 69.6. The van der Waals surface area contributed by atoms with E-state index in [0.29, 0.717) is 148 Å². The maximum Gasteiger partial charge on any atom is 0.169 e. The van der Waals surface area contributed by atoms with Crippen molar-refractivity contribution in [2.45, 2.75) is 0 Å². The zero-order valence-electron chi connectivity index (χ0n) is 65.2. The fourth-order valence-electron chi connectivity index (χ4n) is 17.5. The van der Waals surface area contributed by atoms with E-state index in [9.17, 15) is 0 Å². The summed E-state index contributed by atoms with van der Waals surface area (Å²) in [6.07, 6.45) is 0. The third-order valence-electron chi connectivity index (χ3n) is 21.7. The molecule has 16 nitrogen and oxygen atoms in total. The first kappa shape index (κ1) is 72.6. The molecule has 562 valence electrons. The smallest absolute Gasteiger partial charge is 0.169 e. The van der Waals surface area contributed by atoms with Gasteiger partial charge in [0.1, 0.15) is 0 Å². The monoisotopic (exact) mass is 1490 g/mol. The van der Waals surface area contributed by atoms with E-state index >= 15 is 0 Å². The minimum absolute atomic E-state index is 0.395. The number of rotatable bonds is 23. The van der Waals surface area contributed by atoms with Crippen LogP contribution in [0.25, 0.3) is 164 Å². The van der Waals surface area contributed by atoms with Crippen molar-refractivity contribution in [3.8, 4) is 170 Å². The second-order valence-corrected chi connectivity index (χ2v) is 26.6. The molecule has 0 saturated carbocycles. The molecule has 16 aromatic rings. The summed E-state index contributed by atoms with van der Waals surface area (Å²) in [4.78, 5) is 0. The van der Waals surface area contributed by atoms with Crippen molar-refractivity contribution in [2.24, 2.45) is 0 Å². The number of methoxy groups -OCH3 is 16. The van der Waals surface area contributed by atoms with Crippen LogP contribution in [0.3, 0.4) is 0 Å². The molecule has 112 heavy (non-hydrogen) atoms. The number of hydrogen-bond donors (Lipinski definition) is 0. The molecule has 0 spiro atoms. The summed E-state index contributed by atoms with van der Waals surface area (Å²) < 4.78 is 106. The first-order valence-corrected chi connectivity index (χ1v) is 36.3. The Balaban J connectivity index is 0.959. The first-order chi connectivity index (χ1) is 55.0. The summed E-state index contributed by atoms with van der Waals surface area (Å²) >= 11 is 0. The van der Waals surface area contributed by atoms with Crippen LogP contribution in [0.1, 0.15) is 0 Å². The molecular weight excluding hydrogens is 1410 g/mol. The highest BCUT2D eigenvalue weighted by Crippen LogP contribution is 2.67. The van der Waals surface area contributed by atoms with Gasteiger partial charge in [0.05, 0.1) is 114 Å². The van der Waals surface area contributed by atoms with Gasteiger partial charge >= 0.3 is 0 Å². The molecule has 0 radical (unpaired) electrons. The molecule has 0 aliphatic carbocycles. The van der Waals surface area contributed by atoms with E-state index in [0.717, 1.165) is 108 Å². The molecule has 16 aromatic carbocycles. The van der Waals surface area contributed by atoms with Gasteiger partial charge in [-0.1, -0.05) is 194 Å². The Labute approximate surface area is 648 Å². The zero-order chi connectivity index (χ0) is 77.9. The Kier molecular flexibility index (Phi) is 19.3. The third kappa shape index (κ3) is 10.7. The molecule has 0 bridgehead atoms. The van der Waals surface area contributed by atoms with Gasteiger partial charge in [0.25, 0.3) is 0 Å². The highest BCUT2D eigenvalue weighted by molar-refractivity contribution is 6.27. The van der Waals surface area contributed by atoms with Crippen LogP contribution in [0.15, 0.2) is 206 Å². The first-order valence-electron chi connectivity index (χ1n) is 36.3. The van der Waals surface area contributed by atoms with E-state index in [-0.39, 0.29) is 0 Å². The number of benzene rings is 16. The SMILES string of the molecule is COc1cc2ccccc2c(-c2c(OC)c(OC)c(-c3c(OC)c(OC)c(-c4c(OC)c(OC)c(-c5c(OC)c(OC)c(-c6c(OC)c(OC)c(-c7c(OC)c(OC)c(-c8c(OC)c(OC)cc9ccccc89)c8ccccc78)c7ccccc67)c6ccccc56)c5ccccc45)c4ccccc34)c3ccccc23)c1OC. The number of fused-ring (bicyclic) bond motifs is 8. The molecule has 0 aromatic heterocycles. The van der Waals surface area contributed by atoms with Crippen molar-refractivity contribution in [2.75, 3.05) is 114 Å². The van der Waals surface area contributed by atoms with E-state index in [1.165, 1.54) is 0 Å². The van der Waals surface area contributed by atoms with Gasteiger partial charge in [-0.3, -0.25) is 0 Å². The molecule has 0 saturated heterocycles. The lowest BCUT2D eigenvalue weighted by atomic mass is 9.81. The quantitative estimate of drug-likeness (QED) is 0.0597. The van der Waals surface area contributed by atoms with Gasteiger partial charge in [0.2, 0.25) is 0 Å². The van der Waals surface area contributed by atoms with Crippen molar-refractivity contribution in [3.63, 3.8) is 0 Å². The molecule has 0 unspecified atom stereocenters. The average molecular weight is 1490 g/mol. The van der Waals surface area contributed by atoms with Crippen LogP contribution in [0.5, 0.6) is 92.0 Å². The van der Waals surface area contributed by atoms with Crippen LogP contribution in [0, 0.1) is 0 Å². The predicted molar refractivity (Wildman–Crippen MR) is 449 cm³/mol. The standard InChI is InChI=1S/C96H82O16/c1-97-67-49-51-33-17-19-35-53(51)69(83(67)99-3)71-55-37-21-23-39-57(55)73(87(103-7)85(71)101-5)75-59-41-25-27-43-61(59)77(91(107-11)89(75)105-9)79-63-45-29-31-47-65(63)81(95(111-15)93(79)109-13)82-66-48-32-30-46-64(66)80(94(110-14)96(82)112-16)78-62-44-28-26-42-60(62)76(90(106-10)92(78)108-12)74-58-40-24-22-38-56(58)72(86(102-6)88(74)104-8)70-54-36-20-18-34-52(54)50-68(98-2)84(70)100-4/h17-50H,1-16H3. The van der Waals surface area contributed by atoms with Crippen molar-refractivity contribution >= 4 is 86.2 Å². The molecule has 0 fully saturated rings. The molecule has 0 aliphatic rings. The van der Waals surface area contributed by atoms with Gasteiger partial charge in [-0.2, -0.15) is 0 Å². The Hall–Kier alpha value is -13.6. The summed E-state index contributed by atoms with van der Waals surface area (Å²) in [5, 5.41) is 13.4. The van der Waals surface area contributed by atoms with Gasteiger partial charge in [-0.15, -0.1) is 0 Å². The molecule has 16 heteroatoms. The predicted octanol–water partition coefficient (Wildman–Crippen LogP) is 22.7. The minimum atomic E-state index is 0.395. The average Bonchev–Trinajstić information content (AvgIpc) is 0.701. The summed E-state index contributed by atoms with van der Waals surface area (Å²) in [5.41, 5.74) is 9.81. The summed E-state index contributed by atoms with van der Waals surface area (Å²) in [7, 11) is 26.4. The van der Waals surface area contributed by atoms with Crippen molar-refractivity contribution in [1.82, 2.24) is 0 Å². The molecule has 16 rings (SSSR count). The highest BCUT2D eigenvalue weighted by atomic mass is 16.5. The maximum atomic E-state index is 6.88. The molecule has 0 aliphatic heterocycles. The Morgan fingerprint density at radius 3 is 0.366 bits per heavy atom. The third-order valence-corrected chi connectivity index (χ3v) is 21.7. The van der Waals surface area contributed by atoms with E-state index < -0.39 is 0 Å². The lowest BCUT2D eigenvalue weighted by Crippen LogP contribution is -2.05. The van der Waals surface area contributed by atoms with Crippen LogP contribution in [0.2, 0.25) is 0 Å². The van der Waals surface area contributed by atoms with Crippen LogP contribution >= 0.6 is 0 Å². The van der Waals surface area contributed by atoms with Crippen molar-refractivity contribution < 1.29 is 75.8 Å². The number of hydrogen-bond acceptors (Lipinski definition) is 16. The van der Waals surface area contributed by atoms with Crippen LogP contribution in [-0.4, -0.2) is 114 Å². The van der Waals surface area contributed by atoms with Crippen LogP contribution in [0.4, 0.5) is 0 Å². The number of ether oxygens (including phenoxy) is 16. The van der Waals surface area contributed by atoms with Gasteiger partial charge in [-0.05, 0) is 98.3 Å². The van der Waals surface area contributed by atoms with Crippen LogP contribution in [-0.2, 0) is 0 Å². The maximum absolute atomic E-state index is 6.88. The van der Waals surface area contributed by atoms with E-state index in [1.54, 1.807) is 114 Å². The Bertz CT molecular complexity index is 6110. The highest BCUT2D eigenvalue weighted by Gasteiger charge is 2.39. The fourth-order valence-corrected chi connectivity index (χ4v) is 17.5. The molecule has 0 heterocycles. The largest absolute Gasteiger partial charge is 0.493 e. The Morgan fingerprint density at radius 2 is 0.241 bits per heavy atom. The fraction of sp³-hybridized carbons (Fsp3) is 0.167. The lowest BCUT2D eigenvalue weighted by Gasteiger charge is -2.28. The summed E-state index contributed by atoms with van der Waals surface area (Å²) in [5.74, 6) is 7.24. The van der Waals surface area contributed by atoms with Gasteiger partial charge in [0.15, 0.2) is 92.0 Å². The summed E-state index contributed by atoms with van der Waals surface area (Å²) in [6.45, 7) is 0. The van der Waals surface area contributed by atoms with Crippen molar-refractivity contribution in [1.29, 1.82) is 0 Å². The molecule has 0 N–H and O–H groups in total.